The van der Waals surface area contributed by atoms with Crippen LogP contribution in [-0.2, 0) is 13.2 Å². The van der Waals surface area contributed by atoms with Crippen molar-refractivity contribution in [3.63, 3.8) is 0 Å². The summed E-state index contributed by atoms with van der Waals surface area (Å²) in [7, 11) is 0. The second-order valence-electron chi connectivity index (χ2n) is 8.33. The summed E-state index contributed by atoms with van der Waals surface area (Å²) in [5.41, 5.74) is 3.86. The largest absolute Gasteiger partial charge is 0.473 e. The highest BCUT2D eigenvalue weighted by Gasteiger charge is 2.34. The molecule has 0 fully saturated rings. The maximum atomic E-state index is 13.6. The van der Waals surface area contributed by atoms with E-state index in [9.17, 15) is 4.79 Å². The van der Waals surface area contributed by atoms with Crippen LogP contribution in [-0.4, -0.2) is 15.9 Å². The van der Waals surface area contributed by atoms with E-state index in [0.29, 0.717) is 46.5 Å². The minimum atomic E-state index is -0.153. The van der Waals surface area contributed by atoms with Gasteiger partial charge in [-0.3, -0.25) is 9.69 Å². The Kier molecular flexibility index (Phi) is 5.83. The quantitative estimate of drug-likeness (QED) is 0.212. The van der Waals surface area contributed by atoms with Crippen LogP contribution >= 0.6 is 15.9 Å². The fourth-order valence-electron chi connectivity index (χ4n) is 4.30. The van der Waals surface area contributed by atoms with Gasteiger partial charge in [0.05, 0.1) is 17.4 Å². The van der Waals surface area contributed by atoms with E-state index in [-0.39, 0.29) is 5.91 Å². The highest BCUT2D eigenvalue weighted by molar-refractivity contribution is 9.10. The summed E-state index contributed by atoms with van der Waals surface area (Å²) in [6.45, 7) is 0.669. The molecule has 0 radical (unpaired) electrons. The molecule has 0 spiro atoms. The van der Waals surface area contributed by atoms with Crippen LogP contribution in [0.15, 0.2) is 102 Å². The van der Waals surface area contributed by atoms with Gasteiger partial charge in [0.1, 0.15) is 23.5 Å². The van der Waals surface area contributed by atoms with Crippen LogP contribution < -0.4 is 14.4 Å². The third-order valence-corrected chi connectivity index (χ3v) is 6.65. The van der Waals surface area contributed by atoms with Gasteiger partial charge in [0.2, 0.25) is 11.8 Å². The van der Waals surface area contributed by atoms with Crippen LogP contribution in [0, 0.1) is 0 Å². The molecular formula is C29H20BrN3O3. The first-order valence-electron chi connectivity index (χ1n) is 11.5. The molecule has 7 heteroatoms. The number of anilines is 2. The van der Waals surface area contributed by atoms with Gasteiger partial charge in [-0.05, 0) is 39.2 Å². The molecule has 0 unspecified atom stereocenters. The topological polar surface area (TPSA) is 64.6 Å². The summed E-state index contributed by atoms with van der Waals surface area (Å²) in [5.74, 6) is 0.565. The number of carbonyl (C=O) groups is 1. The van der Waals surface area contributed by atoms with Crippen molar-refractivity contribution in [2.75, 3.05) is 4.90 Å². The van der Waals surface area contributed by atoms with Gasteiger partial charge in [-0.15, -0.1) is 0 Å². The van der Waals surface area contributed by atoms with Crippen molar-refractivity contribution in [3.05, 3.63) is 118 Å². The molecule has 0 aliphatic carbocycles. The zero-order valence-electron chi connectivity index (χ0n) is 19.1. The van der Waals surface area contributed by atoms with Crippen molar-refractivity contribution in [2.24, 2.45) is 0 Å². The van der Waals surface area contributed by atoms with Gasteiger partial charge < -0.3 is 9.47 Å². The third-order valence-electron chi connectivity index (χ3n) is 6.02. The van der Waals surface area contributed by atoms with Crippen molar-refractivity contribution in [1.82, 2.24) is 9.97 Å². The van der Waals surface area contributed by atoms with Crippen molar-refractivity contribution < 1.29 is 14.3 Å². The van der Waals surface area contributed by atoms with Crippen molar-refractivity contribution >= 4 is 44.0 Å². The summed E-state index contributed by atoms with van der Waals surface area (Å²) >= 11 is 3.51. The van der Waals surface area contributed by atoms with Gasteiger partial charge in [-0.2, -0.15) is 4.98 Å². The molecule has 2 aromatic heterocycles. The lowest BCUT2D eigenvalue weighted by atomic mass is 10.1. The Bertz CT molecular complexity index is 1580. The van der Waals surface area contributed by atoms with Gasteiger partial charge >= 0.3 is 0 Å². The van der Waals surface area contributed by atoms with E-state index in [1.54, 1.807) is 17.2 Å². The number of rotatable bonds is 7. The summed E-state index contributed by atoms with van der Waals surface area (Å²) in [4.78, 5) is 24.3. The average molecular weight is 538 g/mol. The summed E-state index contributed by atoms with van der Waals surface area (Å²) in [6.07, 6.45) is 1.70. The van der Waals surface area contributed by atoms with E-state index < -0.39 is 0 Å². The third kappa shape index (κ3) is 4.07. The smallest absolute Gasteiger partial charge is 0.263 e. The second-order valence-corrected chi connectivity index (χ2v) is 9.08. The van der Waals surface area contributed by atoms with E-state index in [1.165, 1.54) is 0 Å². The maximum Gasteiger partial charge on any atom is 0.263 e. The number of nitrogens with zero attached hydrogens (tertiary/aromatic N) is 3. The van der Waals surface area contributed by atoms with Gasteiger partial charge in [-0.1, -0.05) is 72.8 Å². The molecular weight excluding hydrogens is 518 g/mol. The lowest BCUT2D eigenvalue weighted by molar-refractivity contribution is 0.100. The Morgan fingerprint density at radius 1 is 0.750 bits per heavy atom. The van der Waals surface area contributed by atoms with Crippen molar-refractivity contribution in [2.45, 2.75) is 13.2 Å². The molecule has 1 aliphatic rings. The number of pyridine rings is 2. The Labute approximate surface area is 216 Å². The molecule has 1 aliphatic heterocycles. The lowest BCUT2D eigenvalue weighted by Crippen LogP contribution is -2.22. The Morgan fingerprint density at radius 3 is 2.17 bits per heavy atom. The number of hydrogen-bond donors (Lipinski definition) is 0. The fourth-order valence-corrected chi connectivity index (χ4v) is 4.73. The molecule has 176 valence electrons. The molecule has 36 heavy (non-hydrogen) atoms. The summed E-state index contributed by atoms with van der Waals surface area (Å²) < 4.78 is 12.8. The van der Waals surface area contributed by atoms with Gasteiger partial charge in [0, 0.05) is 16.8 Å². The van der Waals surface area contributed by atoms with E-state index >= 15 is 0 Å². The van der Waals surface area contributed by atoms with Crippen LogP contribution in [0.2, 0.25) is 0 Å². The molecule has 0 saturated heterocycles. The first-order chi connectivity index (χ1) is 17.7. The lowest BCUT2D eigenvalue weighted by Gasteiger charge is -2.21. The zero-order chi connectivity index (χ0) is 24.5. The van der Waals surface area contributed by atoms with E-state index in [0.717, 1.165) is 21.9 Å². The normalized spacial score (nSPS) is 12.2. The van der Waals surface area contributed by atoms with Gasteiger partial charge in [0.25, 0.3) is 5.91 Å². The number of ether oxygens (including phenoxy) is 2. The maximum absolute atomic E-state index is 13.6. The standard InChI is InChI=1S/C29H20BrN3O3/c30-27-21-12-7-13-22-26(21)24(16-31-27)33(29(22)34)23-14-15-25(35-17-19-8-3-1-4-9-19)32-28(23)36-18-20-10-5-2-6-11-20/h1-16H,17-18H2. The van der Waals surface area contributed by atoms with E-state index in [4.69, 9.17) is 9.47 Å². The Morgan fingerprint density at radius 2 is 1.44 bits per heavy atom. The van der Waals surface area contributed by atoms with Crippen LogP contribution in [0.5, 0.6) is 11.8 Å². The molecule has 0 saturated carbocycles. The number of amides is 1. The van der Waals surface area contributed by atoms with Gasteiger partial charge in [0.15, 0.2) is 0 Å². The molecule has 1 amide bonds. The molecule has 0 N–H and O–H groups in total. The Balaban J connectivity index is 1.39. The van der Waals surface area contributed by atoms with Crippen LogP contribution in [0.3, 0.4) is 0 Å². The second kappa shape index (κ2) is 9.43. The van der Waals surface area contributed by atoms with Crippen LogP contribution in [0.4, 0.5) is 11.4 Å². The Hall–Kier alpha value is -4.23. The minimum Gasteiger partial charge on any atom is -0.473 e. The highest BCUT2D eigenvalue weighted by atomic mass is 79.9. The van der Waals surface area contributed by atoms with Crippen LogP contribution in [0.25, 0.3) is 10.8 Å². The molecule has 5 aromatic rings. The van der Waals surface area contributed by atoms with Crippen LogP contribution in [0.1, 0.15) is 21.5 Å². The van der Waals surface area contributed by atoms with Crippen molar-refractivity contribution in [3.8, 4) is 11.8 Å². The molecule has 6 nitrogen and oxygen atoms in total. The number of benzene rings is 3. The monoisotopic (exact) mass is 537 g/mol. The summed E-state index contributed by atoms with van der Waals surface area (Å²) in [5, 5.41) is 1.73. The zero-order valence-corrected chi connectivity index (χ0v) is 20.7. The first-order valence-corrected chi connectivity index (χ1v) is 12.2. The molecule has 3 heterocycles. The number of halogens is 1. The highest BCUT2D eigenvalue weighted by Crippen LogP contribution is 2.45. The number of carbonyl (C=O) groups excluding carboxylic acids is 1. The summed E-state index contributed by atoms with van der Waals surface area (Å²) in [6, 6.07) is 28.9. The van der Waals surface area contributed by atoms with E-state index in [2.05, 4.69) is 25.9 Å². The average Bonchev–Trinajstić information content (AvgIpc) is 3.22. The minimum absolute atomic E-state index is 0.153. The van der Waals surface area contributed by atoms with Gasteiger partial charge in [-0.25, -0.2) is 4.98 Å². The SMILES string of the molecule is O=C1c2cccc3c(Br)ncc(c23)N1c1ccc(OCc2ccccc2)nc1OCc1ccccc1. The molecule has 3 aromatic carbocycles. The predicted molar refractivity (Wildman–Crippen MR) is 142 cm³/mol. The first kappa shape index (κ1) is 22.2. The number of hydrogen-bond acceptors (Lipinski definition) is 5. The predicted octanol–water partition coefficient (Wildman–Crippen LogP) is 6.84. The fraction of sp³-hybridized carbons (Fsp3) is 0.0690. The van der Waals surface area contributed by atoms with Crippen molar-refractivity contribution in [1.29, 1.82) is 0 Å². The number of aromatic nitrogens is 2. The van der Waals surface area contributed by atoms with E-state index in [1.807, 2.05) is 84.9 Å². The molecule has 0 bridgehead atoms. The molecule has 6 rings (SSSR count). The molecule has 0 atom stereocenters.